The van der Waals surface area contributed by atoms with Gasteiger partial charge in [0, 0.05) is 11.5 Å². The number of nitrogens with one attached hydrogen (secondary N) is 1. The van der Waals surface area contributed by atoms with Crippen LogP contribution in [0.25, 0.3) is 10.4 Å². The second-order valence-electron chi connectivity index (χ2n) is 10.2. The van der Waals surface area contributed by atoms with Gasteiger partial charge in [0.15, 0.2) is 8.32 Å². The topological polar surface area (TPSA) is 117 Å². The van der Waals surface area contributed by atoms with E-state index in [1.165, 1.54) is 0 Å². The van der Waals surface area contributed by atoms with Gasteiger partial charge in [0.05, 0.1) is 18.8 Å². The molecule has 0 bridgehead atoms. The lowest BCUT2D eigenvalue weighted by Crippen LogP contribution is -2.57. The molecule has 0 radical (unpaired) electrons. The van der Waals surface area contributed by atoms with E-state index < -0.39 is 32.2 Å². The normalized spacial score (nSPS) is 18.6. The van der Waals surface area contributed by atoms with Crippen LogP contribution in [0.15, 0.2) is 5.11 Å². The van der Waals surface area contributed by atoms with Crippen LogP contribution in [0, 0.1) is 11.8 Å². The van der Waals surface area contributed by atoms with Crippen molar-refractivity contribution < 1.29 is 19.1 Å². The summed E-state index contributed by atoms with van der Waals surface area (Å²) in [5, 5.41) is 16.6. The van der Waals surface area contributed by atoms with Crippen LogP contribution in [0.5, 0.6) is 0 Å². The highest BCUT2D eigenvalue weighted by molar-refractivity contribution is 6.74. The molecule has 162 valence electrons. The Morgan fingerprint density at radius 1 is 1.29 bits per heavy atom. The molecule has 0 unspecified atom stereocenters. The number of rotatable bonds is 9. The Bertz CT molecular complexity index is 575. The number of carbonyl (C=O) groups is 1. The predicted molar refractivity (Wildman–Crippen MR) is 113 cm³/mol. The third-order valence-electron chi connectivity index (χ3n) is 5.54. The largest absolute Gasteiger partial charge is 0.444 e. The molecule has 1 fully saturated rings. The van der Waals surface area contributed by atoms with Gasteiger partial charge in [-0.25, -0.2) is 4.79 Å². The Kier molecular flexibility index (Phi) is 8.38. The number of nitrogens with zero attached hydrogens (tertiary/aromatic N) is 3. The molecule has 1 saturated carbocycles. The van der Waals surface area contributed by atoms with Crippen LogP contribution < -0.4 is 5.32 Å². The summed E-state index contributed by atoms with van der Waals surface area (Å²) in [6.45, 7) is 16.1. The molecule has 2 N–H and O–H groups in total. The lowest BCUT2D eigenvalue weighted by Gasteiger charge is -2.44. The molecule has 0 aromatic carbocycles. The van der Waals surface area contributed by atoms with Crippen molar-refractivity contribution in [3.63, 3.8) is 0 Å². The number of aliphatic hydroxyl groups excluding tert-OH is 1. The number of amides is 1. The lowest BCUT2D eigenvalue weighted by atomic mass is 9.92. The third kappa shape index (κ3) is 7.62. The van der Waals surface area contributed by atoms with Gasteiger partial charge in [0.2, 0.25) is 0 Å². The highest BCUT2D eigenvalue weighted by atomic mass is 28.4. The molecule has 28 heavy (non-hydrogen) atoms. The van der Waals surface area contributed by atoms with Gasteiger partial charge in [-0.3, -0.25) is 0 Å². The maximum absolute atomic E-state index is 12.3. The van der Waals surface area contributed by atoms with Crippen molar-refractivity contribution >= 4 is 14.4 Å². The fraction of sp³-hybridized carbons (Fsp3) is 0.947. The number of carbonyl (C=O) groups excluding carboxylic acids is 1. The molecule has 0 aliphatic heterocycles. The van der Waals surface area contributed by atoms with Crippen molar-refractivity contribution in [2.24, 2.45) is 17.0 Å². The average Bonchev–Trinajstić information content (AvgIpc) is 3.33. The van der Waals surface area contributed by atoms with Gasteiger partial charge in [-0.15, -0.1) is 0 Å². The van der Waals surface area contributed by atoms with E-state index in [1.807, 2.05) is 0 Å². The highest BCUT2D eigenvalue weighted by Gasteiger charge is 2.46. The first-order chi connectivity index (χ1) is 12.7. The van der Waals surface area contributed by atoms with Crippen LogP contribution in [-0.4, -0.2) is 50.4 Å². The van der Waals surface area contributed by atoms with E-state index >= 15 is 0 Å². The van der Waals surface area contributed by atoms with Crippen molar-refractivity contribution in [3.8, 4) is 0 Å². The Morgan fingerprint density at radius 2 is 1.86 bits per heavy atom. The van der Waals surface area contributed by atoms with Gasteiger partial charge in [0.25, 0.3) is 0 Å². The van der Waals surface area contributed by atoms with Crippen LogP contribution in [-0.2, 0) is 9.16 Å². The smallest absolute Gasteiger partial charge is 0.408 e. The van der Waals surface area contributed by atoms with E-state index in [9.17, 15) is 9.90 Å². The van der Waals surface area contributed by atoms with Crippen molar-refractivity contribution in [3.05, 3.63) is 10.4 Å². The maximum atomic E-state index is 12.3. The maximum Gasteiger partial charge on any atom is 0.408 e. The monoisotopic (exact) mass is 414 g/mol. The third-order valence-corrected chi connectivity index (χ3v) is 10.0. The molecule has 8 nitrogen and oxygen atoms in total. The minimum absolute atomic E-state index is 0.0379. The van der Waals surface area contributed by atoms with Crippen LogP contribution >= 0.6 is 0 Å². The summed E-state index contributed by atoms with van der Waals surface area (Å²) in [5.41, 5.74) is 8.18. The first-order valence-corrected chi connectivity index (χ1v) is 12.9. The molecule has 1 amide bonds. The highest BCUT2D eigenvalue weighted by Crippen LogP contribution is 2.44. The van der Waals surface area contributed by atoms with Gasteiger partial charge in [-0.1, -0.05) is 25.9 Å². The van der Waals surface area contributed by atoms with E-state index in [-0.39, 0.29) is 24.1 Å². The fourth-order valence-electron chi connectivity index (χ4n) is 2.85. The number of hydrogen-bond donors (Lipinski definition) is 2. The van der Waals surface area contributed by atoms with Crippen molar-refractivity contribution in [1.82, 2.24) is 5.32 Å². The zero-order valence-electron chi connectivity index (χ0n) is 18.7. The first kappa shape index (κ1) is 24.8. The van der Waals surface area contributed by atoms with Gasteiger partial charge in [-0.05, 0) is 69.1 Å². The fourth-order valence-corrected chi connectivity index (χ4v) is 4.22. The molecule has 1 aliphatic carbocycles. The molecule has 0 saturated heterocycles. The average molecular weight is 415 g/mol. The number of hydrogen-bond acceptors (Lipinski definition) is 5. The van der Waals surface area contributed by atoms with Crippen LogP contribution in [0.1, 0.15) is 54.4 Å². The lowest BCUT2D eigenvalue weighted by molar-refractivity contribution is 0.0223. The Morgan fingerprint density at radius 3 is 2.25 bits per heavy atom. The molecule has 3 atom stereocenters. The Labute approximate surface area is 170 Å². The molecule has 1 aliphatic rings. The zero-order chi connectivity index (χ0) is 21.8. The van der Waals surface area contributed by atoms with Gasteiger partial charge < -0.3 is 19.6 Å². The summed E-state index contributed by atoms with van der Waals surface area (Å²) in [7, 11) is -2.20. The summed E-state index contributed by atoms with van der Waals surface area (Å²) in [5.74, 6) is 0.312. The minimum atomic E-state index is -2.20. The number of ether oxygens (including phenoxy) is 1. The standard InChI is InChI=1S/C19H38N4O4Si/c1-18(2,3)26-17(25)22-15(12-24)16(27-28(7,8)19(4,5)6)14(11-21-23-20)13-9-10-13/h13-16,24H,9-12H2,1-8H3,(H,22,25)/t14-,15-,16-/m1/s1. The molecule has 0 spiro atoms. The number of azide groups is 1. The first-order valence-electron chi connectivity index (χ1n) is 10.0. The Hall–Kier alpha value is -1.28. The van der Waals surface area contributed by atoms with Crippen LogP contribution in [0.3, 0.4) is 0 Å². The van der Waals surface area contributed by atoms with E-state index in [2.05, 4.69) is 49.2 Å². The molecular formula is C19H38N4O4Si. The summed E-state index contributed by atoms with van der Waals surface area (Å²) < 4.78 is 12.0. The van der Waals surface area contributed by atoms with Gasteiger partial charge in [0.1, 0.15) is 5.60 Å². The molecule has 9 heteroatoms. The summed E-state index contributed by atoms with van der Waals surface area (Å²) >= 11 is 0. The number of aliphatic hydroxyl groups is 1. The van der Waals surface area contributed by atoms with Crippen LogP contribution in [0.4, 0.5) is 4.79 Å². The van der Waals surface area contributed by atoms with Gasteiger partial charge >= 0.3 is 6.09 Å². The van der Waals surface area contributed by atoms with E-state index in [0.29, 0.717) is 5.92 Å². The van der Waals surface area contributed by atoms with Crippen LogP contribution in [0.2, 0.25) is 18.1 Å². The molecule has 0 heterocycles. The zero-order valence-corrected chi connectivity index (χ0v) is 19.7. The van der Waals surface area contributed by atoms with E-state index in [0.717, 1.165) is 12.8 Å². The molecule has 1 rings (SSSR count). The van der Waals surface area contributed by atoms with Crippen molar-refractivity contribution in [1.29, 1.82) is 0 Å². The molecule has 0 aromatic heterocycles. The van der Waals surface area contributed by atoms with Crippen molar-refractivity contribution in [2.45, 2.75) is 90.3 Å². The Balaban J connectivity index is 3.14. The second-order valence-corrected chi connectivity index (χ2v) is 14.9. The molecular weight excluding hydrogens is 376 g/mol. The van der Waals surface area contributed by atoms with Gasteiger partial charge in [-0.2, -0.15) is 0 Å². The SMILES string of the molecule is CC(C)(C)OC(=O)N[C@H](CO)[C@H](O[Si](C)(C)C(C)(C)C)[C@H](CN=[N+]=[N-])C1CC1. The number of alkyl carbamates (subject to hydrolysis) is 1. The summed E-state index contributed by atoms with van der Waals surface area (Å²) in [4.78, 5) is 15.3. The quantitative estimate of drug-likeness (QED) is 0.248. The second kappa shape index (κ2) is 9.48. The van der Waals surface area contributed by atoms with Crippen molar-refractivity contribution in [2.75, 3.05) is 13.2 Å². The summed E-state index contributed by atoms with van der Waals surface area (Å²) in [6.07, 6.45) is 1.03. The predicted octanol–water partition coefficient (Wildman–Crippen LogP) is 4.60. The van der Waals surface area contributed by atoms with E-state index in [1.54, 1.807) is 20.8 Å². The molecule has 0 aromatic rings. The minimum Gasteiger partial charge on any atom is -0.444 e. The summed E-state index contributed by atoms with van der Waals surface area (Å²) in [6, 6.07) is -0.636. The van der Waals surface area contributed by atoms with E-state index in [4.69, 9.17) is 14.7 Å².